The first kappa shape index (κ1) is 18.7. The largest absolute Gasteiger partial charge is 0.444 e. The van der Waals surface area contributed by atoms with Crippen molar-refractivity contribution in [1.82, 2.24) is 15.1 Å². The second-order valence-corrected chi connectivity index (χ2v) is 6.11. The Morgan fingerprint density at radius 2 is 2.17 bits per heavy atom. The fourth-order valence-corrected chi connectivity index (χ4v) is 1.91. The molecule has 0 aliphatic rings. The fraction of sp³-hybridized carbons (Fsp3) is 0.600. The van der Waals surface area contributed by atoms with Crippen LogP contribution >= 0.6 is 0 Å². The van der Waals surface area contributed by atoms with E-state index >= 15 is 0 Å². The molecule has 0 aliphatic heterocycles. The SMILES string of the molecule is C=Cc1nn(CCCCCNC(=O)OC(C)(C)C)cc1[N+](=O)[O-]. The summed E-state index contributed by atoms with van der Waals surface area (Å²) in [5, 5.41) is 17.6. The van der Waals surface area contributed by atoms with Crippen molar-refractivity contribution in [3.8, 4) is 0 Å². The number of hydrogen-bond acceptors (Lipinski definition) is 5. The Kier molecular flexibility index (Phi) is 6.74. The molecule has 0 aliphatic carbocycles. The van der Waals surface area contributed by atoms with Gasteiger partial charge in [0, 0.05) is 13.1 Å². The van der Waals surface area contributed by atoms with Crippen molar-refractivity contribution >= 4 is 17.9 Å². The predicted molar refractivity (Wildman–Crippen MR) is 87.1 cm³/mol. The molecule has 0 atom stereocenters. The molecule has 128 valence electrons. The number of nitrogens with zero attached hydrogens (tertiary/aromatic N) is 3. The van der Waals surface area contributed by atoms with Gasteiger partial charge in [-0.1, -0.05) is 6.58 Å². The number of unbranched alkanes of at least 4 members (excludes halogenated alkanes) is 2. The second kappa shape index (κ2) is 8.30. The molecule has 1 aromatic rings. The standard InChI is InChI=1S/C15H24N4O4/c1-5-12-13(19(21)22)11-18(17-12)10-8-6-7-9-16-14(20)23-15(2,3)4/h5,11H,1,6-10H2,2-4H3,(H,16,20). The van der Waals surface area contributed by atoms with Gasteiger partial charge in [-0.25, -0.2) is 4.79 Å². The van der Waals surface area contributed by atoms with Gasteiger partial charge in [0.1, 0.15) is 11.8 Å². The van der Waals surface area contributed by atoms with Crippen LogP contribution in [0.2, 0.25) is 0 Å². The van der Waals surface area contributed by atoms with Crippen molar-refractivity contribution in [3.05, 3.63) is 28.6 Å². The van der Waals surface area contributed by atoms with Gasteiger partial charge in [0.2, 0.25) is 0 Å². The molecule has 0 unspecified atom stereocenters. The quantitative estimate of drug-likeness (QED) is 0.450. The number of alkyl carbamates (subject to hydrolysis) is 1. The smallest absolute Gasteiger partial charge is 0.407 e. The van der Waals surface area contributed by atoms with E-state index in [0.29, 0.717) is 13.1 Å². The van der Waals surface area contributed by atoms with Crippen LogP contribution in [0.15, 0.2) is 12.8 Å². The molecule has 1 rings (SSSR count). The lowest BCUT2D eigenvalue weighted by molar-refractivity contribution is -0.385. The lowest BCUT2D eigenvalue weighted by atomic mass is 10.2. The minimum Gasteiger partial charge on any atom is -0.444 e. The van der Waals surface area contributed by atoms with Crippen LogP contribution in [0.1, 0.15) is 45.7 Å². The molecule has 0 aromatic carbocycles. The monoisotopic (exact) mass is 324 g/mol. The number of aryl methyl sites for hydroxylation is 1. The van der Waals surface area contributed by atoms with E-state index in [-0.39, 0.29) is 11.4 Å². The van der Waals surface area contributed by atoms with Crippen molar-refractivity contribution in [2.45, 2.75) is 52.2 Å². The van der Waals surface area contributed by atoms with Crippen molar-refractivity contribution in [2.24, 2.45) is 0 Å². The number of ether oxygens (including phenoxy) is 1. The van der Waals surface area contributed by atoms with Gasteiger partial charge in [-0.3, -0.25) is 14.8 Å². The molecule has 1 aromatic heterocycles. The Morgan fingerprint density at radius 3 is 2.70 bits per heavy atom. The van der Waals surface area contributed by atoms with E-state index in [0.717, 1.165) is 19.3 Å². The Morgan fingerprint density at radius 1 is 1.48 bits per heavy atom. The first-order chi connectivity index (χ1) is 10.7. The third-order valence-corrected chi connectivity index (χ3v) is 2.89. The molecule has 0 saturated carbocycles. The van der Waals surface area contributed by atoms with Crippen LogP contribution in [0.3, 0.4) is 0 Å². The highest BCUT2D eigenvalue weighted by Crippen LogP contribution is 2.17. The minimum atomic E-state index is -0.498. The molecule has 8 heteroatoms. The topological polar surface area (TPSA) is 99.3 Å². The van der Waals surface area contributed by atoms with Crippen molar-refractivity contribution in [2.75, 3.05) is 6.54 Å². The lowest BCUT2D eigenvalue weighted by Crippen LogP contribution is -2.33. The molecule has 1 N–H and O–H groups in total. The molecule has 23 heavy (non-hydrogen) atoms. The van der Waals surface area contributed by atoms with Crippen LogP contribution in [-0.2, 0) is 11.3 Å². The molecular weight excluding hydrogens is 300 g/mol. The Balaban J connectivity index is 2.24. The maximum absolute atomic E-state index is 11.4. The van der Waals surface area contributed by atoms with E-state index < -0.39 is 16.6 Å². The molecule has 1 heterocycles. The van der Waals surface area contributed by atoms with Gasteiger partial charge >= 0.3 is 11.8 Å². The number of nitro groups is 1. The molecule has 0 radical (unpaired) electrons. The maximum atomic E-state index is 11.4. The summed E-state index contributed by atoms with van der Waals surface area (Å²) >= 11 is 0. The summed E-state index contributed by atoms with van der Waals surface area (Å²) in [4.78, 5) is 21.8. The first-order valence-corrected chi connectivity index (χ1v) is 7.54. The Hall–Kier alpha value is -2.38. The zero-order chi connectivity index (χ0) is 17.5. The Bertz CT molecular complexity index is 560. The van der Waals surface area contributed by atoms with Crippen molar-refractivity contribution < 1.29 is 14.5 Å². The average Bonchev–Trinajstić information content (AvgIpc) is 2.84. The Labute approximate surface area is 135 Å². The summed E-state index contributed by atoms with van der Waals surface area (Å²) in [6.45, 7) is 10.1. The van der Waals surface area contributed by atoms with E-state index in [4.69, 9.17) is 4.74 Å². The van der Waals surface area contributed by atoms with Crippen LogP contribution in [0, 0.1) is 10.1 Å². The van der Waals surface area contributed by atoms with Gasteiger partial charge in [-0.15, -0.1) is 0 Å². The molecule has 0 spiro atoms. The number of aromatic nitrogens is 2. The number of rotatable bonds is 8. The van der Waals surface area contributed by atoms with Gasteiger partial charge < -0.3 is 10.1 Å². The van der Waals surface area contributed by atoms with Gasteiger partial charge in [0.15, 0.2) is 5.69 Å². The maximum Gasteiger partial charge on any atom is 0.407 e. The number of carbonyl (C=O) groups is 1. The summed E-state index contributed by atoms with van der Waals surface area (Å²) in [5.41, 5.74) is -0.255. The van der Waals surface area contributed by atoms with Crippen molar-refractivity contribution in [1.29, 1.82) is 0 Å². The highest BCUT2D eigenvalue weighted by Gasteiger charge is 2.17. The lowest BCUT2D eigenvalue weighted by Gasteiger charge is -2.19. The highest BCUT2D eigenvalue weighted by atomic mass is 16.6. The number of nitrogens with one attached hydrogen (secondary N) is 1. The van der Waals surface area contributed by atoms with E-state index in [1.165, 1.54) is 12.3 Å². The van der Waals surface area contributed by atoms with E-state index in [2.05, 4.69) is 17.0 Å². The predicted octanol–water partition coefficient (Wildman–Crippen LogP) is 3.13. The first-order valence-electron chi connectivity index (χ1n) is 7.54. The normalized spacial score (nSPS) is 11.1. The van der Waals surface area contributed by atoms with Crippen LogP contribution in [0.4, 0.5) is 10.5 Å². The minimum absolute atomic E-state index is 0.0356. The number of hydrogen-bond donors (Lipinski definition) is 1. The van der Waals surface area contributed by atoms with Gasteiger partial charge in [-0.2, -0.15) is 5.10 Å². The second-order valence-electron chi connectivity index (χ2n) is 6.11. The van der Waals surface area contributed by atoms with E-state index in [1.54, 1.807) is 4.68 Å². The summed E-state index contributed by atoms with van der Waals surface area (Å²) in [5.74, 6) is 0. The molecule has 1 amide bonds. The zero-order valence-corrected chi connectivity index (χ0v) is 13.9. The van der Waals surface area contributed by atoms with Crippen LogP contribution in [0.5, 0.6) is 0 Å². The van der Waals surface area contributed by atoms with Crippen molar-refractivity contribution in [3.63, 3.8) is 0 Å². The van der Waals surface area contributed by atoms with E-state index in [9.17, 15) is 14.9 Å². The zero-order valence-electron chi connectivity index (χ0n) is 13.9. The average molecular weight is 324 g/mol. The summed E-state index contributed by atoms with van der Waals surface area (Å²) < 4.78 is 6.68. The summed E-state index contributed by atoms with van der Waals surface area (Å²) in [6, 6.07) is 0. The van der Waals surface area contributed by atoms with Crippen LogP contribution in [0.25, 0.3) is 6.08 Å². The molecular formula is C15H24N4O4. The fourth-order valence-electron chi connectivity index (χ4n) is 1.91. The molecule has 0 fully saturated rings. The number of amides is 1. The third kappa shape index (κ3) is 6.94. The van der Waals surface area contributed by atoms with Crippen LogP contribution < -0.4 is 5.32 Å². The van der Waals surface area contributed by atoms with Gasteiger partial charge in [0.25, 0.3) is 0 Å². The third-order valence-electron chi connectivity index (χ3n) is 2.89. The summed E-state index contributed by atoms with van der Waals surface area (Å²) in [7, 11) is 0. The van der Waals surface area contributed by atoms with Crippen LogP contribution in [-0.4, -0.2) is 32.9 Å². The summed E-state index contributed by atoms with van der Waals surface area (Å²) in [6.07, 6.45) is 4.85. The number of carbonyl (C=O) groups excluding carboxylic acids is 1. The molecule has 0 bridgehead atoms. The highest BCUT2D eigenvalue weighted by molar-refractivity contribution is 5.67. The van der Waals surface area contributed by atoms with Gasteiger partial charge in [-0.05, 0) is 46.1 Å². The molecule has 8 nitrogen and oxygen atoms in total. The van der Waals surface area contributed by atoms with Gasteiger partial charge in [0.05, 0.1) is 4.92 Å². The van der Waals surface area contributed by atoms with E-state index in [1.807, 2.05) is 20.8 Å². The molecule has 0 saturated heterocycles.